The van der Waals surface area contributed by atoms with Crippen LogP contribution in [0, 0.1) is 0 Å². The predicted octanol–water partition coefficient (Wildman–Crippen LogP) is 1.95. The summed E-state index contributed by atoms with van der Waals surface area (Å²) in [7, 11) is 4.11. The number of pyridine rings is 1. The van der Waals surface area contributed by atoms with Crippen molar-refractivity contribution in [3.8, 4) is 0 Å². The van der Waals surface area contributed by atoms with Gasteiger partial charge in [0.1, 0.15) is 5.82 Å². The van der Waals surface area contributed by atoms with Gasteiger partial charge in [-0.15, -0.1) is 0 Å². The average Bonchev–Trinajstić information content (AvgIpc) is 2.82. The number of rotatable bonds is 7. The van der Waals surface area contributed by atoms with E-state index < -0.39 is 0 Å². The standard InChI is InChI=1S/C16H25N5/c1-13(2)18-10-14-6-5-7-15(19-14)11-20(3)12-16-17-8-9-21(16)4/h5-9,13,18H,10-12H2,1-4H3. The van der Waals surface area contributed by atoms with Crippen LogP contribution in [0.4, 0.5) is 0 Å². The first-order valence-corrected chi connectivity index (χ1v) is 7.37. The lowest BCUT2D eigenvalue weighted by molar-refractivity contribution is 0.303. The lowest BCUT2D eigenvalue weighted by atomic mass is 10.2. The normalized spacial score (nSPS) is 11.5. The molecule has 0 radical (unpaired) electrons. The SMILES string of the molecule is CC(C)NCc1cccc(CN(C)Cc2nccn2C)n1. The van der Waals surface area contributed by atoms with E-state index in [4.69, 9.17) is 4.98 Å². The molecule has 0 aromatic carbocycles. The Morgan fingerprint density at radius 2 is 2.00 bits per heavy atom. The van der Waals surface area contributed by atoms with Crippen LogP contribution in [0.15, 0.2) is 30.6 Å². The van der Waals surface area contributed by atoms with Gasteiger partial charge in [0.25, 0.3) is 0 Å². The van der Waals surface area contributed by atoms with Crippen LogP contribution in [0.5, 0.6) is 0 Å². The molecule has 5 nitrogen and oxygen atoms in total. The van der Waals surface area contributed by atoms with Crippen molar-refractivity contribution >= 4 is 0 Å². The van der Waals surface area contributed by atoms with Crippen molar-refractivity contribution in [3.63, 3.8) is 0 Å². The Hall–Kier alpha value is -1.72. The van der Waals surface area contributed by atoms with E-state index in [0.29, 0.717) is 6.04 Å². The molecular weight excluding hydrogens is 262 g/mol. The van der Waals surface area contributed by atoms with Crippen LogP contribution in [0.25, 0.3) is 0 Å². The summed E-state index contributed by atoms with van der Waals surface area (Å²) < 4.78 is 2.05. The van der Waals surface area contributed by atoms with Crippen molar-refractivity contribution in [1.29, 1.82) is 0 Å². The fourth-order valence-corrected chi connectivity index (χ4v) is 2.15. The van der Waals surface area contributed by atoms with Crippen molar-refractivity contribution in [2.75, 3.05) is 7.05 Å². The van der Waals surface area contributed by atoms with Crippen LogP contribution in [-0.2, 0) is 26.7 Å². The maximum Gasteiger partial charge on any atom is 0.122 e. The number of aromatic nitrogens is 3. The number of hydrogen-bond donors (Lipinski definition) is 1. The number of aryl methyl sites for hydroxylation is 1. The Bertz CT molecular complexity index is 561. The molecule has 0 aliphatic rings. The molecule has 0 atom stereocenters. The Morgan fingerprint density at radius 3 is 2.67 bits per heavy atom. The van der Waals surface area contributed by atoms with Crippen molar-refractivity contribution in [2.24, 2.45) is 7.05 Å². The van der Waals surface area contributed by atoms with E-state index in [-0.39, 0.29) is 0 Å². The van der Waals surface area contributed by atoms with Gasteiger partial charge in [0.15, 0.2) is 0 Å². The number of imidazole rings is 1. The second-order valence-electron chi connectivity index (χ2n) is 5.78. The summed E-state index contributed by atoms with van der Waals surface area (Å²) in [6.07, 6.45) is 3.80. The summed E-state index contributed by atoms with van der Waals surface area (Å²) in [6, 6.07) is 6.70. The van der Waals surface area contributed by atoms with E-state index in [1.807, 2.05) is 24.0 Å². The number of nitrogens with one attached hydrogen (secondary N) is 1. The first-order valence-electron chi connectivity index (χ1n) is 7.37. The first kappa shape index (κ1) is 15.7. The molecule has 114 valence electrons. The quantitative estimate of drug-likeness (QED) is 0.845. The minimum atomic E-state index is 0.474. The third-order valence-corrected chi connectivity index (χ3v) is 3.32. The zero-order chi connectivity index (χ0) is 15.2. The largest absolute Gasteiger partial charge is 0.337 e. The van der Waals surface area contributed by atoms with Crippen molar-refractivity contribution in [1.82, 2.24) is 24.8 Å². The Labute approximate surface area is 127 Å². The van der Waals surface area contributed by atoms with Gasteiger partial charge in [-0.1, -0.05) is 19.9 Å². The Morgan fingerprint density at radius 1 is 1.24 bits per heavy atom. The summed E-state index contributed by atoms with van der Waals surface area (Å²) in [4.78, 5) is 11.3. The summed E-state index contributed by atoms with van der Waals surface area (Å²) in [6.45, 7) is 6.74. The fraction of sp³-hybridized carbons (Fsp3) is 0.500. The molecule has 0 saturated heterocycles. The van der Waals surface area contributed by atoms with Crippen molar-refractivity contribution in [3.05, 3.63) is 47.8 Å². The minimum Gasteiger partial charge on any atom is -0.337 e. The molecule has 0 aliphatic heterocycles. The third-order valence-electron chi connectivity index (χ3n) is 3.32. The van der Waals surface area contributed by atoms with E-state index >= 15 is 0 Å². The van der Waals surface area contributed by atoms with Gasteiger partial charge in [-0.05, 0) is 19.2 Å². The zero-order valence-corrected chi connectivity index (χ0v) is 13.4. The van der Waals surface area contributed by atoms with Gasteiger partial charge in [0.05, 0.1) is 17.9 Å². The van der Waals surface area contributed by atoms with Crippen LogP contribution in [0.3, 0.4) is 0 Å². The van der Waals surface area contributed by atoms with Gasteiger partial charge in [0, 0.05) is 38.6 Å². The summed E-state index contributed by atoms with van der Waals surface area (Å²) >= 11 is 0. The lowest BCUT2D eigenvalue weighted by Crippen LogP contribution is -2.23. The second kappa shape index (κ2) is 7.33. The molecule has 2 heterocycles. The summed E-state index contributed by atoms with van der Waals surface area (Å²) in [5.41, 5.74) is 2.18. The van der Waals surface area contributed by atoms with Crippen LogP contribution in [0.1, 0.15) is 31.1 Å². The summed E-state index contributed by atoms with van der Waals surface area (Å²) in [5.74, 6) is 1.06. The van der Waals surface area contributed by atoms with Gasteiger partial charge in [-0.2, -0.15) is 0 Å². The molecular formula is C16H25N5. The highest BCUT2D eigenvalue weighted by Gasteiger charge is 2.07. The second-order valence-corrected chi connectivity index (χ2v) is 5.78. The molecule has 0 bridgehead atoms. The monoisotopic (exact) mass is 287 g/mol. The maximum absolute atomic E-state index is 4.71. The molecule has 1 N–H and O–H groups in total. The molecule has 0 saturated carbocycles. The average molecular weight is 287 g/mol. The predicted molar refractivity (Wildman–Crippen MR) is 84.6 cm³/mol. The number of nitrogens with zero attached hydrogens (tertiary/aromatic N) is 4. The molecule has 21 heavy (non-hydrogen) atoms. The van der Waals surface area contributed by atoms with Gasteiger partial charge in [-0.25, -0.2) is 4.98 Å². The van der Waals surface area contributed by atoms with Crippen molar-refractivity contribution in [2.45, 2.75) is 39.5 Å². The van der Waals surface area contributed by atoms with E-state index in [2.05, 4.69) is 54.3 Å². The highest BCUT2D eigenvalue weighted by molar-refractivity contribution is 5.11. The van der Waals surface area contributed by atoms with Gasteiger partial charge in [-0.3, -0.25) is 9.88 Å². The molecule has 2 aromatic heterocycles. The van der Waals surface area contributed by atoms with Gasteiger partial charge in [0.2, 0.25) is 0 Å². The van der Waals surface area contributed by atoms with Crippen LogP contribution >= 0.6 is 0 Å². The minimum absolute atomic E-state index is 0.474. The van der Waals surface area contributed by atoms with E-state index in [1.165, 1.54) is 0 Å². The first-order chi connectivity index (χ1) is 10.0. The molecule has 2 aromatic rings. The highest BCUT2D eigenvalue weighted by atomic mass is 15.2. The lowest BCUT2D eigenvalue weighted by Gasteiger charge is -2.16. The van der Waals surface area contributed by atoms with E-state index in [1.54, 1.807) is 0 Å². The Balaban J connectivity index is 1.92. The topological polar surface area (TPSA) is 46.0 Å². The van der Waals surface area contributed by atoms with E-state index in [0.717, 1.165) is 36.8 Å². The van der Waals surface area contributed by atoms with Crippen LogP contribution in [-0.4, -0.2) is 32.5 Å². The van der Waals surface area contributed by atoms with Crippen LogP contribution < -0.4 is 5.32 Å². The number of hydrogen-bond acceptors (Lipinski definition) is 4. The van der Waals surface area contributed by atoms with Gasteiger partial charge >= 0.3 is 0 Å². The van der Waals surface area contributed by atoms with Crippen molar-refractivity contribution < 1.29 is 0 Å². The van der Waals surface area contributed by atoms with Gasteiger partial charge < -0.3 is 9.88 Å². The fourth-order valence-electron chi connectivity index (χ4n) is 2.15. The smallest absolute Gasteiger partial charge is 0.122 e. The molecule has 0 fully saturated rings. The molecule has 5 heteroatoms. The maximum atomic E-state index is 4.71. The molecule has 0 unspecified atom stereocenters. The highest BCUT2D eigenvalue weighted by Crippen LogP contribution is 2.06. The third kappa shape index (κ3) is 4.95. The summed E-state index contributed by atoms with van der Waals surface area (Å²) in [5, 5.41) is 3.40. The molecule has 0 amide bonds. The molecule has 2 rings (SSSR count). The zero-order valence-electron chi connectivity index (χ0n) is 13.4. The van der Waals surface area contributed by atoms with Crippen LogP contribution in [0.2, 0.25) is 0 Å². The molecule has 0 spiro atoms. The molecule has 0 aliphatic carbocycles. The van der Waals surface area contributed by atoms with E-state index in [9.17, 15) is 0 Å². The Kier molecular flexibility index (Phi) is 5.47.